The molecule has 0 amide bonds. The van der Waals surface area contributed by atoms with E-state index in [0.717, 1.165) is 4.59 Å². The Morgan fingerprint density at radius 3 is 2.29 bits per heavy atom. The summed E-state index contributed by atoms with van der Waals surface area (Å²) in [6.07, 6.45) is 3.87. The van der Waals surface area contributed by atoms with E-state index in [0.29, 0.717) is 0 Å². The van der Waals surface area contributed by atoms with Crippen LogP contribution >= 0.6 is 0 Å². The standard InChI is InChI=1S/C20H23NO2Se/c1-19(2)9-10-20(3,4)16-11-14(6-7-15(16)19)24-17-8-5-13(12-21-17)18(22)23/h5-8,11-12H,9-10H2,1-4H3,(H,22,23). The molecule has 0 aliphatic heterocycles. The molecule has 0 radical (unpaired) electrons. The molecule has 0 atom stereocenters. The van der Waals surface area contributed by atoms with Gasteiger partial charge in [0.1, 0.15) is 0 Å². The quantitative estimate of drug-likeness (QED) is 0.823. The van der Waals surface area contributed by atoms with Crippen molar-refractivity contribution in [2.45, 2.75) is 51.4 Å². The van der Waals surface area contributed by atoms with Gasteiger partial charge in [0.2, 0.25) is 0 Å². The molecular weight excluding hydrogens is 365 g/mol. The number of carbonyl (C=O) groups is 1. The number of hydrogen-bond acceptors (Lipinski definition) is 2. The zero-order valence-corrected chi connectivity index (χ0v) is 16.3. The Hall–Kier alpha value is -1.64. The van der Waals surface area contributed by atoms with Gasteiger partial charge < -0.3 is 0 Å². The van der Waals surface area contributed by atoms with Crippen molar-refractivity contribution in [3.05, 3.63) is 53.2 Å². The molecule has 24 heavy (non-hydrogen) atoms. The van der Waals surface area contributed by atoms with Gasteiger partial charge in [-0.3, -0.25) is 0 Å². The maximum atomic E-state index is 10.9. The van der Waals surface area contributed by atoms with Crippen LogP contribution in [0.3, 0.4) is 0 Å². The zero-order valence-electron chi connectivity index (χ0n) is 14.6. The van der Waals surface area contributed by atoms with Gasteiger partial charge in [-0.25, -0.2) is 0 Å². The molecule has 0 saturated heterocycles. The fourth-order valence-corrected chi connectivity index (χ4v) is 4.99. The van der Waals surface area contributed by atoms with Crippen molar-refractivity contribution in [2.75, 3.05) is 0 Å². The van der Waals surface area contributed by atoms with E-state index in [9.17, 15) is 4.79 Å². The molecule has 1 aliphatic rings. The Morgan fingerprint density at radius 2 is 1.71 bits per heavy atom. The summed E-state index contributed by atoms with van der Waals surface area (Å²) in [6, 6.07) is 10.3. The van der Waals surface area contributed by atoms with Crippen molar-refractivity contribution in [1.29, 1.82) is 0 Å². The first-order valence-corrected chi connectivity index (χ1v) is 9.93. The molecule has 4 heteroatoms. The number of nitrogens with zero attached hydrogens (tertiary/aromatic N) is 1. The summed E-state index contributed by atoms with van der Waals surface area (Å²) in [5.41, 5.74) is 3.60. The Morgan fingerprint density at radius 1 is 1.04 bits per heavy atom. The molecule has 2 aromatic rings. The van der Waals surface area contributed by atoms with E-state index in [1.54, 1.807) is 6.07 Å². The van der Waals surface area contributed by atoms with Crippen LogP contribution < -0.4 is 9.05 Å². The normalized spacial score (nSPS) is 18.0. The minimum absolute atomic E-state index is 0.0870. The number of fused-ring (bicyclic) bond motifs is 1. The van der Waals surface area contributed by atoms with Crippen LogP contribution in [0.1, 0.15) is 62.0 Å². The molecule has 1 aliphatic carbocycles. The van der Waals surface area contributed by atoms with Crippen LogP contribution in [0.15, 0.2) is 36.5 Å². The number of aromatic carboxylic acids is 1. The predicted molar refractivity (Wildman–Crippen MR) is 97.9 cm³/mol. The van der Waals surface area contributed by atoms with E-state index in [4.69, 9.17) is 5.11 Å². The number of aromatic nitrogens is 1. The van der Waals surface area contributed by atoms with Gasteiger partial charge >= 0.3 is 149 Å². The second-order valence-electron chi connectivity index (χ2n) is 7.77. The summed E-state index contributed by atoms with van der Waals surface area (Å²) < 4.78 is 2.25. The average Bonchev–Trinajstić information content (AvgIpc) is 2.52. The van der Waals surface area contributed by atoms with E-state index in [1.807, 2.05) is 6.07 Å². The van der Waals surface area contributed by atoms with Gasteiger partial charge in [0.05, 0.1) is 0 Å². The van der Waals surface area contributed by atoms with E-state index < -0.39 is 5.97 Å². The van der Waals surface area contributed by atoms with Gasteiger partial charge in [-0.2, -0.15) is 0 Å². The number of hydrogen-bond donors (Lipinski definition) is 1. The molecule has 1 aromatic carbocycles. The van der Waals surface area contributed by atoms with Crippen LogP contribution in [0.25, 0.3) is 0 Å². The molecule has 1 aromatic heterocycles. The van der Waals surface area contributed by atoms with Gasteiger partial charge in [0.25, 0.3) is 0 Å². The van der Waals surface area contributed by atoms with Crippen LogP contribution in [0.5, 0.6) is 0 Å². The maximum absolute atomic E-state index is 10.9. The molecule has 0 bridgehead atoms. The van der Waals surface area contributed by atoms with Crippen LogP contribution in [-0.4, -0.2) is 31.0 Å². The number of benzene rings is 1. The van der Waals surface area contributed by atoms with E-state index in [-0.39, 0.29) is 31.4 Å². The molecule has 0 spiro atoms. The van der Waals surface area contributed by atoms with Gasteiger partial charge in [0.15, 0.2) is 0 Å². The van der Waals surface area contributed by atoms with Crippen molar-refractivity contribution >= 4 is 30.0 Å². The van der Waals surface area contributed by atoms with Crippen molar-refractivity contribution in [1.82, 2.24) is 4.98 Å². The number of carboxylic acids is 1. The molecule has 0 unspecified atom stereocenters. The first-order chi connectivity index (χ1) is 11.2. The molecule has 0 saturated carbocycles. The Bertz CT molecular complexity index is 779. The second-order valence-corrected chi connectivity index (χ2v) is 10.1. The van der Waals surface area contributed by atoms with Crippen molar-refractivity contribution < 1.29 is 9.90 Å². The molecule has 3 rings (SSSR count). The minimum atomic E-state index is -0.931. The summed E-state index contributed by atoms with van der Waals surface area (Å²) in [7, 11) is 0. The molecule has 1 heterocycles. The number of pyridine rings is 1. The third-order valence-corrected chi connectivity index (χ3v) is 7.00. The van der Waals surface area contributed by atoms with Crippen molar-refractivity contribution in [2.24, 2.45) is 0 Å². The SMILES string of the molecule is CC1(C)CCC(C)(C)c2cc([Se]c3ccc(C(=O)O)cn3)ccc21. The summed E-state index contributed by atoms with van der Waals surface area (Å²) in [4.78, 5) is 15.2. The van der Waals surface area contributed by atoms with Gasteiger partial charge in [-0.1, -0.05) is 0 Å². The first-order valence-electron chi connectivity index (χ1n) is 8.21. The van der Waals surface area contributed by atoms with E-state index >= 15 is 0 Å². The van der Waals surface area contributed by atoms with Gasteiger partial charge in [-0.05, 0) is 0 Å². The van der Waals surface area contributed by atoms with Gasteiger partial charge in [0, 0.05) is 0 Å². The Kier molecular flexibility index (Phi) is 4.31. The fraction of sp³-hybridized carbons (Fsp3) is 0.400. The Balaban J connectivity index is 1.92. The number of rotatable bonds is 3. The van der Waals surface area contributed by atoms with Crippen molar-refractivity contribution in [3.8, 4) is 0 Å². The van der Waals surface area contributed by atoms with E-state index in [1.165, 1.54) is 34.6 Å². The molecule has 3 nitrogen and oxygen atoms in total. The third-order valence-electron chi connectivity index (χ3n) is 5.03. The second kappa shape index (κ2) is 6.02. The van der Waals surface area contributed by atoms with Crippen molar-refractivity contribution in [3.63, 3.8) is 0 Å². The Labute approximate surface area is 149 Å². The van der Waals surface area contributed by atoms with Crippen LogP contribution in [-0.2, 0) is 10.8 Å². The topological polar surface area (TPSA) is 50.2 Å². The van der Waals surface area contributed by atoms with Crippen LogP contribution in [0.2, 0.25) is 0 Å². The predicted octanol–water partition coefficient (Wildman–Crippen LogP) is 2.78. The van der Waals surface area contributed by atoms with E-state index in [2.05, 4.69) is 50.9 Å². The van der Waals surface area contributed by atoms with Crippen LogP contribution in [0, 0.1) is 0 Å². The third kappa shape index (κ3) is 3.26. The van der Waals surface area contributed by atoms with Gasteiger partial charge in [-0.15, -0.1) is 0 Å². The zero-order chi connectivity index (χ0) is 17.5. The average molecular weight is 388 g/mol. The summed E-state index contributed by atoms with van der Waals surface area (Å²) in [5, 5.41) is 8.97. The monoisotopic (exact) mass is 389 g/mol. The summed E-state index contributed by atoms with van der Waals surface area (Å²) >= 11 is 0.0870. The number of carboxylic acid groups (broad SMARTS) is 1. The summed E-state index contributed by atoms with van der Waals surface area (Å²) in [6.45, 7) is 9.33. The molecule has 0 fully saturated rings. The fourth-order valence-electron chi connectivity index (χ4n) is 3.32. The summed E-state index contributed by atoms with van der Waals surface area (Å²) in [5.74, 6) is -0.931. The molecule has 1 N–H and O–H groups in total. The molecular formula is C20H23NO2Se. The first kappa shape index (κ1) is 17.2. The molecule has 126 valence electrons. The van der Waals surface area contributed by atoms with Crippen LogP contribution in [0.4, 0.5) is 0 Å².